The van der Waals surface area contributed by atoms with Crippen LogP contribution in [0.15, 0.2) is 18.2 Å². The fraction of sp³-hybridized carbons (Fsp3) is 0.400. The van der Waals surface area contributed by atoms with Gasteiger partial charge in [0.25, 0.3) is 0 Å². The second kappa shape index (κ2) is 5.96. The quantitative estimate of drug-likeness (QED) is 0.909. The summed E-state index contributed by atoms with van der Waals surface area (Å²) in [5.41, 5.74) is 4.26. The molecule has 20 heavy (non-hydrogen) atoms. The summed E-state index contributed by atoms with van der Waals surface area (Å²) in [5.74, 6) is 1.51. The van der Waals surface area contributed by atoms with Gasteiger partial charge in [0.1, 0.15) is 17.2 Å². The van der Waals surface area contributed by atoms with Gasteiger partial charge in [-0.05, 0) is 33.0 Å². The third-order valence-electron chi connectivity index (χ3n) is 3.41. The summed E-state index contributed by atoms with van der Waals surface area (Å²) in [4.78, 5) is 0. The van der Waals surface area contributed by atoms with Gasteiger partial charge in [-0.25, -0.2) is 4.68 Å². The molecule has 0 aliphatic heterocycles. The first kappa shape index (κ1) is 14.4. The standard InChI is InChI=1S/C15H21N3O2/c1-10-13(9-16-3)11(2)18(17-10)14-7-6-12(19-4)8-15(14)20-5/h6-8,16H,9H2,1-5H3. The van der Waals surface area contributed by atoms with Gasteiger partial charge in [-0.1, -0.05) is 0 Å². The number of benzene rings is 1. The van der Waals surface area contributed by atoms with Crippen LogP contribution in [0.4, 0.5) is 0 Å². The number of rotatable bonds is 5. The molecular weight excluding hydrogens is 254 g/mol. The average Bonchev–Trinajstić information content (AvgIpc) is 2.75. The fourth-order valence-corrected chi connectivity index (χ4v) is 2.30. The molecule has 0 unspecified atom stereocenters. The Labute approximate surface area is 119 Å². The number of hydrogen-bond acceptors (Lipinski definition) is 4. The molecule has 1 aromatic carbocycles. The fourth-order valence-electron chi connectivity index (χ4n) is 2.30. The van der Waals surface area contributed by atoms with E-state index in [4.69, 9.17) is 9.47 Å². The van der Waals surface area contributed by atoms with Crippen LogP contribution in [0.2, 0.25) is 0 Å². The zero-order valence-corrected chi connectivity index (χ0v) is 12.7. The molecule has 0 saturated carbocycles. The molecule has 0 aliphatic rings. The monoisotopic (exact) mass is 275 g/mol. The van der Waals surface area contributed by atoms with Gasteiger partial charge < -0.3 is 14.8 Å². The number of ether oxygens (including phenoxy) is 2. The van der Waals surface area contributed by atoms with Gasteiger partial charge in [-0.3, -0.25) is 0 Å². The zero-order valence-electron chi connectivity index (χ0n) is 12.7. The lowest BCUT2D eigenvalue weighted by molar-refractivity contribution is 0.392. The van der Waals surface area contributed by atoms with Crippen molar-refractivity contribution in [3.05, 3.63) is 35.2 Å². The van der Waals surface area contributed by atoms with Crippen LogP contribution in [0.1, 0.15) is 17.0 Å². The molecule has 0 saturated heterocycles. The molecule has 1 N–H and O–H groups in total. The summed E-state index contributed by atoms with van der Waals surface area (Å²) in [6.07, 6.45) is 0. The summed E-state index contributed by atoms with van der Waals surface area (Å²) in [6, 6.07) is 5.73. The number of methoxy groups -OCH3 is 2. The second-order valence-corrected chi connectivity index (χ2v) is 4.63. The van der Waals surface area contributed by atoms with Gasteiger partial charge in [0.2, 0.25) is 0 Å². The van der Waals surface area contributed by atoms with E-state index in [0.29, 0.717) is 0 Å². The molecule has 0 fully saturated rings. The van der Waals surface area contributed by atoms with E-state index in [9.17, 15) is 0 Å². The van der Waals surface area contributed by atoms with Crippen molar-refractivity contribution in [1.29, 1.82) is 0 Å². The van der Waals surface area contributed by atoms with Crippen molar-refractivity contribution in [2.75, 3.05) is 21.3 Å². The van der Waals surface area contributed by atoms with Crippen molar-refractivity contribution in [2.24, 2.45) is 0 Å². The number of nitrogens with zero attached hydrogens (tertiary/aromatic N) is 2. The van der Waals surface area contributed by atoms with Gasteiger partial charge in [-0.15, -0.1) is 0 Å². The molecule has 2 aromatic rings. The van der Waals surface area contributed by atoms with Crippen LogP contribution in [-0.2, 0) is 6.54 Å². The highest BCUT2D eigenvalue weighted by molar-refractivity contribution is 5.52. The molecule has 0 aliphatic carbocycles. The van der Waals surface area contributed by atoms with E-state index in [2.05, 4.69) is 17.3 Å². The molecule has 0 bridgehead atoms. The Bertz CT molecular complexity index is 605. The Morgan fingerprint density at radius 1 is 1.20 bits per heavy atom. The Kier molecular flexibility index (Phi) is 4.29. The second-order valence-electron chi connectivity index (χ2n) is 4.63. The van der Waals surface area contributed by atoms with Crippen LogP contribution in [0, 0.1) is 13.8 Å². The molecule has 0 atom stereocenters. The van der Waals surface area contributed by atoms with Crippen molar-refractivity contribution < 1.29 is 9.47 Å². The van der Waals surface area contributed by atoms with Gasteiger partial charge in [0.15, 0.2) is 0 Å². The first-order chi connectivity index (χ1) is 9.62. The van der Waals surface area contributed by atoms with Crippen molar-refractivity contribution in [2.45, 2.75) is 20.4 Å². The number of aryl methyl sites for hydroxylation is 1. The minimum absolute atomic E-state index is 0.742. The maximum atomic E-state index is 5.45. The third-order valence-corrected chi connectivity index (χ3v) is 3.41. The van der Waals surface area contributed by atoms with Gasteiger partial charge >= 0.3 is 0 Å². The molecule has 1 heterocycles. The van der Waals surface area contributed by atoms with Crippen molar-refractivity contribution in [3.8, 4) is 17.2 Å². The molecular formula is C15H21N3O2. The minimum Gasteiger partial charge on any atom is -0.497 e. The maximum absolute atomic E-state index is 5.45. The Morgan fingerprint density at radius 3 is 2.55 bits per heavy atom. The maximum Gasteiger partial charge on any atom is 0.148 e. The summed E-state index contributed by atoms with van der Waals surface area (Å²) in [6.45, 7) is 4.89. The third kappa shape index (κ3) is 2.49. The first-order valence-electron chi connectivity index (χ1n) is 6.54. The van der Waals surface area contributed by atoms with E-state index in [-0.39, 0.29) is 0 Å². The molecule has 0 spiro atoms. The van der Waals surface area contributed by atoms with E-state index in [1.54, 1.807) is 14.2 Å². The van der Waals surface area contributed by atoms with Gasteiger partial charge in [0.05, 0.1) is 19.9 Å². The molecule has 5 heteroatoms. The predicted octanol–water partition coefficient (Wildman–Crippen LogP) is 2.23. The number of nitrogens with one attached hydrogen (secondary N) is 1. The van der Waals surface area contributed by atoms with Gasteiger partial charge in [0, 0.05) is 23.9 Å². The highest BCUT2D eigenvalue weighted by Crippen LogP contribution is 2.29. The molecule has 1 aromatic heterocycles. The lowest BCUT2D eigenvalue weighted by atomic mass is 10.2. The Balaban J connectivity index is 2.54. The summed E-state index contributed by atoms with van der Waals surface area (Å²) in [7, 11) is 5.23. The molecule has 108 valence electrons. The largest absolute Gasteiger partial charge is 0.497 e. The van der Waals surface area contributed by atoms with E-state index >= 15 is 0 Å². The predicted molar refractivity (Wildman–Crippen MR) is 78.9 cm³/mol. The highest BCUT2D eigenvalue weighted by Gasteiger charge is 2.15. The van der Waals surface area contributed by atoms with Gasteiger partial charge in [-0.2, -0.15) is 5.10 Å². The Hall–Kier alpha value is -2.01. The minimum atomic E-state index is 0.742. The summed E-state index contributed by atoms with van der Waals surface area (Å²) < 4.78 is 12.6. The highest BCUT2D eigenvalue weighted by atomic mass is 16.5. The first-order valence-corrected chi connectivity index (χ1v) is 6.54. The SMILES string of the molecule is CNCc1c(C)nn(-c2ccc(OC)cc2OC)c1C. The average molecular weight is 275 g/mol. The molecule has 0 radical (unpaired) electrons. The van der Waals surface area contributed by atoms with E-state index in [1.807, 2.05) is 36.9 Å². The van der Waals surface area contributed by atoms with E-state index < -0.39 is 0 Å². The van der Waals surface area contributed by atoms with Crippen molar-refractivity contribution >= 4 is 0 Å². The van der Waals surface area contributed by atoms with Crippen LogP contribution >= 0.6 is 0 Å². The van der Waals surface area contributed by atoms with E-state index in [1.165, 1.54) is 5.56 Å². The topological polar surface area (TPSA) is 48.3 Å². The zero-order chi connectivity index (χ0) is 14.7. The van der Waals surface area contributed by atoms with Crippen molar-refractivity contribution in [1.82, 2.24) is 15.1 Å². The summed E-state index contributed by atoms with van der Waals surface area (Å²) >= 11 is 0. The smallest absolute Gasteiger partial charge is 0.148 e. The van der Waals surface area contributed by atoms with E-state index in [0.717, 1.165) is 35.1 Å². The number of aromatic nitrogens is 2. The molecule has 2 rings (SSSR count). The lowest BCUT2D eigenvalue weighted by Gasteiger charge is -2.12. The van der Waals surface area contributed by atoms with Crippen LogP contribution in [0.25, 0.3) is 5.69 Å². The van der Waals surface area contributed by atoms with Crippen LogP contribution in [0.5, 0.6) is 11.5 Å². The molecule has 5 nitrogen and oxygen atoms in total. The normalized spacial score (nSPS) is 10.7. The van der Waals surface area contributed by atoms with Crippen LogP contribution in [0.3, 0.4) is 0 Å². The molecule has 0 amide bonds. The van der Waals surface area contributed by atoms with Crippen LogP contribution in [-0.4, -0.2) is 31.0 Å². The lowest BCUT2D eigenvalue weighted by Crippen LogP contribution is -2.07. The number of hydrogen-bond donors (Lipinski definition) is 1. The Morgan fingerprint density at radius 2 is 1.95 bits per heavy atom. The van der Waals surface area contributed by atoms with Crippen LogP contribution < -0.4 is 14.8 Å². The van der Waals surface area contributed by atoms with Crippen molar-refractivity contribution in [3.63, 3.8) is 0 Å². The summed E-state index contributed by atoms with van der Waals surface area (Å²) in [5, 5.41) is 7.79.